The molecular weight excluding hydrogens is 877 g/mol. The van der Waals surface area contributed by atoms with Gasteiger partial charge in [-0.15, -0.1) is 0 Å². The largest absolute Gasteiger partial charge is 0.327 e. The summed E-state index contributed by atoms with van der Waals surface area (Å²) in [6.45, 7) is 0. The second-order valence-corrected chi connectivity index (χ2v) is 26.4. The van der Waals surface area contributed by atoms with Gasteiger partial charge in [0.2, 0.25) is 0 Å². The third kappa shape index (κ3) is 6.06. The summed E-state index contributed by atoms with van der Waals surface area (Å²) in [5.74, 6) is 0.955. The fourth-order valence-electron chi connectivity index (χ4n) is 11.4. The van der Waals surface area contributed by atoms with E-state index < -0.39 is 16.1 Å². The van der Waals surface area contributed by atoms with E-state index >= 15 is 0 Å². The zero-order valence-corrected chi connectivity index (χ0v) is 40.2. The Hall–Kier alpha value is -7.82. The van der Waals surface area contributed by atoms with Crippen molar-refractivity contribution in [2.24, 2.45) is 7.05 Å². The van der Waals surface area contributed by atoms with E-state index in [-0.39, 0.29) is 0 Å². The molecule has 322 valence electrons. The normalized spacial score (nSPS) is 13.1. The van der Waals surface area contributed by atoms with Gasteiger partial charge in [0.25, 0.3) is 0 Å². The second-order valence-electron chi connectivity index (χ2n) is 17.8. The molecule has 7 heteroatoms. The lowest BCUT2D eigenvalue weighted by Crippen LogP contribution is -2.76. The van der Waals surface area contributed by atoms with Crippen LogP contribution in [0.5, 0.6) is 0 Å². The predicted molar refractivity (Wildman–Crippen MR) is 290 cm³/mol. The number of imidazole rings is 1. The number of fused-ring (bicyclic) bond motifs is 6. The van der Waals surface area contributed by atoms with Crippen molar-refractivity contribution in [3.8, 4) is 17.1 Å². The van der Waals surface area contributed by atoms with Gasteiger partial charge >= 0.3 is 0 Å². The van der Waals surface area contributed by atoms with E-state index in [1.54, 1.807) is 0 Å². The molecule has 0 amide bonds. The van der Waals surface area contributed by atoms with Gasteiger partial charge in [-0.25, -0.2) is 9.97 Å². The van der Waals surface area contributed by atoms with E-state index in [0.29, 0.717) is 0 Å². The van der Waals surface area contributed by atoms with E-state index in [2.05, 4.69) is 259 Å². The monoisotopic (exact) mass is 920 g/mol. The number of para-hydroxylation sites is 2. The first-order valence-electron chi connectivity index (χ1n) is 23.2. The van der Waals surface area contributed by atoms with Crippen LogP contribution < -0.4 is 41.5 Å². The summed E-state index contributed by atoms with van der Waals surface area (Å²) in [4.78, 5) is 13.1. The Morgan fingerprint density at radius 2 is 1.06 bits per heavy atom. The Morgan fingerprint density at radius 1 is 0.456 bits per heavy atom. The summed E-state index contributed by atoms with van der Waals surface area (Å²) in [7, 11) is -3.76. The van der Waals surface area contributed by atoms with Crippen molar-refractivity contribution in [3.63, 3.8) is 0 Å². The molecule has 3 aromatic heterocycles. The van der Waals surface area contributed by atoms with Crippen LogP contribution in [-0.2, 0) is 7.05 Å². The van der Waals surface area contributed by atoms with Crippen molar-refractivity contribution in [1.29, 1.82) is 0 Å². The quantitative estimate of drug-likeness (QED) is 0.113. The molecule has 4 heterocycles. The number of rotatable bonds is 8. The van der Waals surface area contributed by atoms with Gasteiger partial charge in [0.1, 0.15) is 11.5 Å². The van der Waals surface area contributed by atoms with E-state index in [0.717, 1.165) is 44.7 Å². The number of aryl methyl sites for hydroxylation is 1. The number of hydrogen-bond donors (Lipinski definition) is 0. The summed E-state index contributed by atoms with van der Waals surface area (Å²) in [5.41, 5.74) is 6.41. The minimum atomic E-state index is -3.04. The van der Waals surface area contributed by atoms with Gasteiger partial charge in [-0.2, -0.15) is 0 Å². The maximum absolute atomic E-state index is 5.22. The molecule has 0 saturated carbocycles. The zero-order valence-electron chi connectivity index (χ0n) is 37.4. The molecule has 0 N–H and O–H groups in total. The van der Waals surface area contributed by atoms with Crippen LogP contribution in [0, 0.1) is 0 Å². The molecule has 12 aromatic rings. The predicted octanol–water partition coefficient (Wildman–Crippen LogP) is 8.95. The van der Waals surface area contributed by atoms with Crippen LogP contribution in [0.3, 0.4) is 0 Å². The van der Waals surface area contributed by atoms with E-state index in [9.17, 15) is 0 Å². The minimum Gasteiger partial charge on any atom is -0.327 e. The molecule has 68 heavy (non-hydrogen) atoms. The highest BCUT2D eigenvalue weighted by Crippen LogP contribution is 2.39. The van der Waals surface area contributed by atoms with Crippen molar-refractivity contribution in [3.05, 3.63) is 249 Å². The van der Waals surface area contributed by atoms with Gasteiger partial charge in [-0.05, 0) is 96.1 Å². The smallest absolute Gasteiger partial charge is 0.181 e. The molecule has 0 fully saturated rings. The lowest BCUT2D eigenvalue weighted by atomic mass is 10.2. The standard InChI is InChI=1S/C61H44N4SSi2/c1-64-54-35-15-14-34-53(54)63-60(64)43-21-18-31-49(39-43)67(45-23-6-2-7-24-45,46-25-8-3-9-26-46)50-32-19-22-44(40-50)65-55-42-59-57(41-52(55)51-33-20-38-62-61(51)65)66-56-36-16-17-37-58(56)68(59,47-27-10-4-11-28-47)48-29-12-5-13-30-48/h2-42H,1H3. The summed E-state index contributed by atoms with van der Waals surface area (Å²) in [6, 6.07) is 90.5. The minimum absolute atomic E-state index is 0.951. The van der Waals surface area contributed by atoms with Crippen molar-refractivity contribution in [2.75, 3.05) is 0 Å². The molecule has 0 unspecified atom stereocenters. The molecule has 0 spiro atoms. The highest BCUT2D eigenvalue weighted by atomic mass is 32.2. The Kier molecular flexibility index (Phi) is 9.64. The van der Waals surface area contributed by atoms with Crippen molar-refractivity contribution in [2.45, 2.75) is 9.79 Å². The van der Waals surface area contributed by atoms with Gasteiger partial charge in [0, 0.05) is 45.1 Å². The van der Waals surface area contributed by atoms with Gasteiger partial charge in [0.15, 0.2) is 16.1 Å². The maximum atomic E-state index is 5.22. The molecular formula is C61H44N4SSi2. The van der Waals surface area contributed by atoms with Gasteiger partial charge in [0.05, 0.1) is 16.6 Å². The Bertz CT molecular complexity index is 3770. The SMILES string of the molecule is Cn1c(-c2cccc([Si](c3ccccc3)(c3ccccc3)c3cccc(-n4c5cc6c(cc5c5cccnc54)Sc4ccccc4[Si]6(c4ccccc4)c4ccccc4)c3)c2)nc2ccccc21. The summed E-state index contributed by atoms with van der Waals surface area (Å²) >= 11 is 1.91. The van der Waals surface area contributed by atoms with Gasteiger partial charge in [-0.1, -0.05) is 200 Å². The third-order valence-electron chi connectivity index (χ3n) is 14.2. The first-order valence-corrected chi connectivity index (χ1v) is 28.0. The second kappa shape index (κ2) is 16.2. The fourth-order valence-corrected chi connectivity index (χ4v) is 23.1. The van der Waals surface area contributed by atoms with Crippen LogP contribution in [0.2, 0.25) is 0 Å². The van der Waals surface area contributed by atoms with Crippen molar-refractivity contribution >= 4 is 102 Å². The number of benzene rings is 9. The lowest BCUT2D eigenvalue weighted by Gasteiger charge is -2.40. The highest BCUT2D eigenvalue weighted by Gasteiger charge is 2.47. The number of pyridine rings is 1. The van der Waals surface area contributed by atoms with Crippen LogP contribution in [0.25, 0.3) is 50.0 Å². The van der Waals surface area contributed by atoms with Crippen LogP contribution in [-0.4, -0.2) is 35.2 Å². The van der Waals surface area contributed by atoms with E-state index in [1.807, 2.05) is 18.0 Å². The Balaban J connectivity index is 1.09. The van der Waals surface area contributed by atoms with Crippen LogP contribution in [0.4, 0.5) is 0 Å². The van der Waals surface area contributed by atoms with Crippen molar-refractivity contribution in [1.82, 2.24) is 19.1 Å². The number of aromatic nitrogens is 4. The van der Waals surface area contributed by atoms with Crippen LogP contribution in [0.15, 0.2) is 259 Å². The molecule has 0 atom stereocenters. The molecule has 0 saturated heterocycles. The molecule has 1 aliphatic rings. The highest BCUT2D eigenvalue weighted by molar-refractivity contribution is 8.00. The van der Waals surface area contributed by atoms with Crippen LogP contribution in [0.1, 0.15) is 0 Å². The molecule has 4 nitrogen and oxygen atoms in total. The van der Waals surface area contributed by atoms with Gasteiger partial charge in [-0.3, -0.25) is 4.57 Å². The average Bonchev–Trinajstić information content (AvgIpc) is 3.92. The topological polar surface area (TPSA) is 35.6 Å². The molecule has 1 aliphatic heterocycles. The Morgan fingerprint density at radius 3 is 1.76 bits per heavy atom. The third-order valence-corrected chi connectivity index (χ3v) is 25.4. The average molecular weight is 921 g/mol. The number of nitrogens with zero attached hydrogens (tertiary/aromatic N) is 4. The molecule has 0 aliphatic carbocycles. The van der Waals surface area contributed by atoms with Crippen molar-refractivity contribution < 1.29 is 0 Å². The summed E-state index contributed by atoms with van der Waals surface area (Å²) in [5, 5.41) is 13.2. The molecule has 0 bridgehead atoms. The Labute approximate surface area is 401 Å². The maximum Gasteiger partial charge on any atom is 0.181 e. The van der Waals surface area contributed by atoms with E-state index in [4.69, 9.17) is 9.97 Å². The summed E-state index contributed by atoms with van der Waals surface area (Å²) in [6.07, 6.45) is 1.94. The van der Waals surface area contributed by atoms with E-state index in [1.165, 1.54) is 56.7 Å². The molecule has 13 rings (SSSR count). The first-order chi connectivity index (χ1) is 33.6. The summed E-state index contributed by atoms with van der Waals surface area (Å²) < 4.78 is 4.67. The van der Waals surface area contributed by atoms with Gasteiger partial charge < -0.3 is 4.57 Å². The molecule has 9 aromatic carbocycles. The number of hydrogen-bond acceptors (Lipinski definition) is 3. The first kappa shape index (κ1) is 40.5. The zero-order chi connectivity index (χ0) is 45.2. The fraction of sp³-hybridized carbons (Fsp3) is 0.0164. The lowest BCUT2D eigenvalue weighted by molar-refractivity contribution is 0.959. The molecule has 0 radical (unpaired) electrons. The van der Waals surface area contributed by atoms with Crippen LogP contribution >= 0.6 is 11.8 Å².